The zero-order valence-corrected chi connectivity index (χ0v) is 10.8. The molecule has 0 radical (unpaired) electrons. The molecular formula is C13H23NO2. The highest BCUT2D eigenvalue weighted by molar-refractivity contribution is 5.10. The molecule has 3 unspecified atom stereocenters. The van der Waals surface area contributed by atoms with Crippen LogP contribution in [0.1, 0.15) is 47.0 Å². The number of hydrogen-bond acceptors (Lipinski definition) is 3. The molecule has 92 valence electrons. The van der Waals surface area contributed by atoms with Gasteiger partial charge in [-0.1, -0.05) is 20.8 Å². The summed E-state index contributed by atoms with van der Waals surface area (Å²) < 4.78 is 5.65. The van der Waals surface area contributed by atoms with E-state index >= 15 is 0 Å². The minimum atomic E-state index is -0.899. The summed E-state index contributed by atoms with van der Waals surface area (Å²) in [6.45, 7) is 8.55. The Kier molecular flexibility index (Phi) is 3.98. The minimum Gasteiger partial charge on any atom is -0.388 e. The number of rotatable bonds is 3. The quantitative estimate of drug-likeness (QED) is 0.803. The van der Waals surface area contributed by atoms with Crippen LogP contribution in [0, 0.1) is 22.7 Å². The molecule has 1 N–H and O–H groups in total. The van der Waals surface area contributed by atoms with Gasteiger partial charge >= 0.3 is 0 Å². The molecular weight excluding hydrogens is 202 g/mol. The zero-order valence-electron chi connectivity index (χ0n) is 10.8. The lowest BCUT2D eigenvalue weighted by molar-refractivity contribution is -0.157. The van der Waals surface area contributed by atoms with E-state index in [-0.39, 0.29) is 6.10 Å². The lowest BCUT2D eigenvalue weighted by Gasteiger charge is -2.46. The van der Waals surface area contributed by atoms with Gasteiger partial charge in [0.1, 0.15) is 0 Å². The van der Waals surface area contributed by atoms with Crippen LogP contribution in [0.2, 0.25) is 0 Å². The number of nitriles is 1. The molecule has 0 spiro atoms. The Morgan fingerprint density at radius 1 is 1.62 bits per heavy atom. The van der Waals surface area contributed by atoms with Crippen molar-refractivity contribution >= 4 is 0 Å². The number of ether oxygens (including phenoxy) is 1. The molecule has 1 saturated heterocycles. The van der Waals surface area contributed by atoms with E-state index in [0.717, 1.165) is 0 Å². The normalized spacial score (nSPS) is 34.4. The third-order valence-electron chi connectivity index (χ3n) is 4.11. The first-order valence-corrected chi connectivity index (χ1v) is 6.14. The standard InChI is InChI=1S/C13H23NO2/c1-5-12(4,9-14)13(15)6-7-16-11(8-13)10(2)3/h10-11,15H,5-8H2,1-4H3. The largest absolute Gasteiger partial charge is 0.388 e. The van der Waals surface area contributed by atoms with Crippen molar-refractivity contribution < 1.29 is 9.84 Å². The van der Waals surface area contributed by atoms with Crippen molar-refractivity contribution in [2.45, 2.75) is 58.7 Å². The molecule has 3 atom stereocenters. The van der Waals surface area contributed by atoms with Crippen molar-refractivity contribution in [2.24, 2.45) is 11.3 Å². The van der Waals surface area contributed by atoms with Gasteiger partial charge in [-0.15, -0.1) is 0 Å². The van der Waals surface area contributed by atoms with Gasteiger partial charge in [0.2, 0.25) is 0 Å². The fraction of sp³-hybridized carbons (Fsp3) is 0.923. The van der Waals surface area contributed by atoms with Crippen molar-refractivity contribution in [3.63, 3.8) is 0 Å². The van der Waals surface area contributed by atoms with Gasteiger partial charge in [0.15, 0.2) is 0 Å². The van der Waals surface area contributed by atoms with Crippen LogP contribution in [0.25, 0.3) is 0 Å². The summed E-state index contributed by atoms with van der Waals surface area (Å²) >= 11 is 0. The van der Waals surface area contributed by atoms with Crippen molar-refractivity contribution in [2.75, 3.05) is 6.61 Å². The molecule has 16 heavy (non-hydrogen) atoms. The van der Waals surface area contributed by atoms with Crippen molar-refractivity contribution in [3.05, 3.63) is 0 Å². The van der Waals surface area contributed by atoms with E-state index in [4.69, 9.17) is 4.74 Å². The highest BCUT2D eigenvalue weighted by Crippen LogP contribution is 2.43. The monoisotopic (exact) mass is 225 g/mol. The first-order chi connectivity index (χ1) is 7.38. The smallest absolute Gasteiger partial charge is 0.0877 e. The van der Waals surface area contributed by atoms with Crippen LogP contribution in [0.5, 0.6) is 0 Å². The molecule has 0 aromatic carbocycles. The van der Waals surface area contributed by atoms with Gasteiger partial charge in [0.05, 0.1) is 23.2 Å². The number of nitrogens with zero attached hydrogens (tertiary/aromatic N) is 1. The van der Waals surface area contributed by atoms with E-state index in [1.54, 1.807) is 0 Å². The van der Waals surface area contributed by atoms with Gasteiger partial charge < -0.3 is 9.84 Å². The Morgan fingerprint density at radius 3 is 2.69 bits per heavy atom. The second-order valence-electron chi connectivity index (χ2n) is 5.44. The fourth-order valence-corrected chi connectivity index (χ4v) is 2.31. The Labute approximate surface area is 98.4 Å². The van der Waals surface area contributed by atoms with E-state index in [1.165, 1.54) is 0 Å². The predicted molar refractivity (Wildman–Crippen MR) is 62.8 cm³/mol. The maximum atomic E-state index is 10.7. The molecule has 3 heteroatoms. The molecule has 1 aliphatic rings. The van der Waals surface area contributed by atoms with Crippen LogP contribution in [-0.2, 0) is 4.74 Å². The lowest BCUT2D eigenvalue weighted by Crippen LogP contribution is -2.52. The molecule has 1 fully saturated rings. The third-order valence-corrected chi connectivity index (χ3v) is 4.11. The summed E-state index contributed by atoms with van der Waals surface area (Å²) in [6.07, 6.45) is 1.87. The Hall–Kier alpha value is -0.590. The Morgan fingerprint density at radius 2 is 2.25 bits per heavy atom. The number of aliphatic hydroxyl groups is 1. The maximum absolute atomic E-state index is 10.7. The first kappa shape index (κ1) is 13.5. The van der Waals surface area contributed by atoms with E-state index in [9.17, 15) is 10.4 Å². The molecule has 0 aromatic heterocycles. The molecule has 1 rings (SSSR count). The van der Waals surface area contributed by atoms with Gasteiger partial charge in [0, 0.05) is 19.4 Å². The second kappa shape index (κ2) is 4.73. The van der Waals surface area contributed by atoms with Crippen LogP contribution in [0.3, 0.4) is 0 Å². The topological polar surface area (TPSA) is 53.2 Å². The molecule has 0 saturated carbocycles. The Balaban J connectivity index is 2.89. The molecule has 0 bridgehead atoms. The summed E-state index contributed by atoms with van der Waals surface area (Å²) in [5.74, 6) is 0.381. The zero-order chi connectivity index (χ0) is 12.4. The van der Waals surface area contributed by atoms with Gasteiger partial charge in [-0.3, -0.25) is 0 Å². The van der Waals surface area contributed by atoms with Gasteiger partial charge in [-0.2, -0.15) is 5.26 Å². The summed E-state index contributed by atoms with van der Waals surface area (Å²) in [7, 11) is 0. The van der Waals surface area contributed by atoms with Crippen molar-refractivity contribution in [3.8, 4) is 6.07 Å². The lowest BCUT2D eigenvalue weighted by atomic mass is 9.66. The van der Waals surface area contributed by atoms with Crippen LogP contribution >= 0.6 is 0 Å². The molecule has 0 aliphatic carbocycles. The van der Waals surface area contributed by atoms with Crippen LogP contribution in [0.15, 0.2) is 0 Å². The van der Waals surface area contributed by atoms with Gasteiger partial charge in [-0.25, -0.2) is 0 Å². The fourth-order valence-electron chi connectivity index (χ4n) is 2.31. The van der Waals surface area contributed by atoms with Crippen LogP contribution in [-0.4, -0.2) is 23.4 Å². The molecule has 3 nitrogen and oxygen atoms in total. The summed E-state index contributed by atoms with van der Waals surface area (Å²) in [6, 6.07) is 2.29. The second-order valence-corrected chi connectivity index (χ2v) is 5.44. The summed E-state index contributed by atoms with van der Waals surface area (Å²) in [4.78, 5) is 0. The van der Waals surface area contributed by atoms with E-state index < -0.39 is 11.0 Å². The highest BCUT2D eigenvalue weighted by atomic mass is 16.5. The van der Waals surface area contributed by atoms with Crippen molar-refractivity contribution in [1.29, 1.82) is 5.26 Å². The van der Waals surface area contributed by atoms with E-state index in [0.29, 0.717) is 31.8 Å². The predicted octanol–water partition coefficient (Wildman–Crippen LogP) is 2.49. The van der Waals surface area contributed by atoms with Crippen molar-refractivity contribution in [1.82, 2.24) is 0 Å². The SMILES string of the molecule is CCC(C)(C#N)C1(O)CCOC(C(C)C)C1. The molecule has 0 amide bonds. The number of hydrogen-bond donors (Lipinski definition) is 1. The maximum Gasteiger partial charge on any atom is 0.0877 e. The highest BCUT2D eigenvalue weighted by Gasteiger charge is 2.49. The summed E-state index contributed by atoms with van der Waals surface area (Å²) in [5.41, 5.74) is -1.56. The third kappa shape index (κ3) is 2.23. The molecule has 0 aromatic rings. The van der Waals surface area contributed by atoms with E-state index in [2.05, 4.69) is 19.9 Å². The van der Waals surface area contributed by atoms with E-state index in [1.807, 2.05) is 13.8 Å². The average molecular weight is 225 g/mol. The van der Waals surface area contributed by atoms with Crippen LogP contribution < -0.4 is 0 Å². The van der Waals surface area contributed by atoms with Gasteiger partial charge in [-0.05, 0) is 19.3 Å². The van der Waals surface area contributed by atoms with Crippen LogP contribution in [0.4, 0.5) is 0 Å². The minimum absolute atomic E-state index is 0.0676. The molecule has 1 heterocycles. The summed E-state index contributed by atoms with van der Waals surface area (Å²) in [5, 5.41) is 20.0. The molecule has 1 aliphatic heterocycles. The Bertz CT molecular complexity index is 284. The van der Waals surface area contributed by atoms with Gasteiger partial charge in [0.25, 0.3) is 0 Å². The average Bonchev–Trinajstić information content (AvgIpc) is 2.27. The first-order valence-electron chi connectivity index (χ1n) is 6.14.